The molecule has 2 rings (SSSR count). The van der Waals surface area contributed by atoms with Crippen molar-refractivity contribution in [2.24, 2.45) is 0 Å². The quantitative estimate of drug-likeness (QED) is 0.887. The molecule has 1 atom stereocenters. The van der Waals surface area contributed by atoms with Crippen molar-refractivity contribution in [2.45, 2.75) is 19.4 Å². The van der Waals surface area contributed by atoms with Gasteiger partial charge in [-0.2, -0.15) is 0 Å². The van der Waals surface area contributed by atoms with Crippen LogP contribution in [0.3, 0.4) is 0 Å². The smallest absolute Gasteiger partial charge is 0.126 e. The van der Waals surface area contributed by atoms with Crippen LogP contribution in [0.15, 0.2) is 36.7 Å². The van der Waals surface area contributed by atoms with Gasteiger partial charge in [0.05, 0.1) is 0 Å². The number of aryl methyl sites for hydroxylation is 1. The number of aliphatic hydroxyl groups is 1. The van der Waals surface area contributed by atoms with E-state index in [1.165, 1.54) is 13.1 Å². The Morgan fingerprint density at radius 2 is 1.78 bits per heavy atom. The number of rotatable bonds is 2. The highest BCUT2D eigenvalue weighted by Crippen LogP contribution is 2.31. The first-order chi connectivity index (χ1) is 8.41. The summed E-state index contributed by atoms with van der Waals surface area (Å²) in [6, 6.07) is 4.75. The van der Waals surface area contributed by atoms with Gasteiger partial charge in [0.2, 0.25) is 0 Å². The van der Waals surface area contributed by atoms with Crippen LogP contribution in [0.4, 0.5) is 8.78 Å². The molecule has 1 aromatic carbocycles. The Labute approximate surface area is 104 Å². The number of pyridine rings is 1. The van der Waals surface area contributed by atoms with Gasteiger partial charge in [-0.1, -0.05) is 0 Å². The molecule has 0 saturated heterocycles. The average molecular weight is 249 g/mol. The first kappa shape index (κ1) is 12.6. The number of hydrogen-bond acceptors (Lipinski definition) is 2. The highest BCUT2D eigenvalue weighted by atomic mass is 19.1. The fraction of sp³-hybridized carbons (Fsp3) is 0.214. The molecule has 0 aliphatic heterocycles. The third kappa shape index (κ3) is 2.24. The molecule has 2 aromatic rings. The van der Waals surface area contributed by atoms with E-state index in [1.54, 1.807) is 19.2 Å². The highest BCUT2D eigenvalue weighted by Gasteiger charge is 2.28. The summed E-state index contributed by atoms with van der Waals surface area (Å²) in [5.41, 5.74) is 0.00662. The molecule has 2 nitrogen and oxygen atoms in total. The van der Waals surface area contributed by atoms with E-state index in [-0.39, 0.29) is 5.56 Å². The summed E-state index contributed by atoms with van der Waals surface area (Å²) >= 11 is 0. The minimum absolute atomic E-state index is 0.163. The number of hydrogen-bond donors (Lipinski definition) is 1. The SMILES string of the molecule is Cc1ccncc1C(C)(O)c1cc(F)cc(F)c1. The number of aromatic nitrogens is 1. The zero-order valence-electron chi connectivity index (χ0n) is 10.1. The molecule has 0 fully saturated rings. The van der Waals surface area contributed by atoms with Gasteiger partial charge in [0.15, 0.2) is 0 Å². The lowest BCUT2D eigenvalue weighted by Gasteiger charge is -2.25. The topological polar surface area (TPSA) is 33.1 Å². The van der Waals surface area contributed by atoms with E-state index in [1.807, 2.05) is 0 Å². The van der Waals surface area contributed by atoms with Gasteiger partial charge < -0.3 is 5.11 Å². The van der Waals surface area contributed by atoms with Gasteiger partial charge >= 0.3 is 0 Å². The van der Waals surface area contributed by atoms with Crippen molar-refractivity contribution in [3.8, 4) is 0 Å². The van der Waals surface area contributed by atoms with Crippen molar-refractivity contribution in [3.63, 3.8) is 0 Å². The zero-order valence-corrected chi connectivity index (χ0v) is 10.1. The fourth-order valence-electron chi connectivity index (χ4n) is 1.96. The molecule has 4 heteroatoms. The number of halogens is 2. The van der Waals surface area contributed by atoms with E-state index >= 15 is 0 Å². The van der Waals surface area contributed by atoms with Crippen LogP contribution in [-0.4, -0.2) is 10.1 Å². The van der Waals surface area contributed by atoms with Gasteiger partial charge in [-0.3, -0.25) is 4.98 Å². The lowest BCUT2D eigenvalue weighted by Crippen LogP contribution is -2.24. The largest absolute Gasteiger partial charge is 0.381 e. The molecule has 1 heterocycles. The van der Waals surface area contributed by atoms with Crippen molar-refractivity contribution < 1.29 is 13.9 Å². The van der Waals surface area contributed by atoms with E-state index in [9.17, 15) is 13.9 Å². The maximum Gasteiger partial charge on any atom is 0.126 e. The Balaban J connectivity index is 2.57. The average Bonchev–Trinajstić information content (AvgIpc) is 2.28. The molecular weight excluding hydrogens is 236 g/mol. The van der Waals surface area contributed by atoms with Crippen molar-refractivity contribution >= 4 is 0 Å². The summed E-state index contributed by atoms with van der Waals surface area (Å²) < 4.78 is 26.4. The first-order valence-electron chi connectivity index (χ1n) is 5.51. The Bertz CT molecular complexity index is 562. The second kappa shape index (κ2) is 4.46. The monoisotopic (exact) mass is 249 g/mol. The number of benzene rings is 1. The standard InChI is InChI=1S/C14H13F2NO/c1-9-3-4-17-8-13(9)14(2,18)10-5-11(15)7-12(16)6-10/h3-8,18H,1-2H3. The fourth-order valence-corrected chi connectivity index (χ4v) is 1.96. The van der Waals surface area contributed by atoms with Gasteiger partial charge in [-0.15, -0.1) is 0 Å². The molecule has 0 bridgehead atoms. The summed E-state index contributed by atoms with van der Waals surface area (Å²) in [5.74, 6) is -1.43. The van der Waals surface area contributed by atoms with Crippen LogP contribution in [0.25, 0.3) is 0 Å². The molecule has 18 heavy (non-hydrogen) atoms. The lowest BCUT2D eigenvalue weighted by molar-refractivity contribution is 0.100. The van der Waals surface area contributed by atoms with Crippen LogP contribution in [0, 0.1) is 18.6 Å². The van der Waals surface area contributed by atoms with Crippen LogP contribution < -0.4 is 0 Å². The Hall–Kier alpha value is -1.81. The van der Waals surface area contributed by atoms with Crippen molar-refractivity contribution in [1.82, 2.24) is 4.98 Å². The molecule has 0 radical (unpaired) electrons. The predicted octanol–water partition coefficient (Wildman–Crippen LogP) is 2.92. The Morgan fingerprint density at radius 3 is 2.33 bits per heavy atom. The van der Waals surface area contributed by atoms with Crippen molar-refractivity contribution in [2.75, 3.05) is 0 Å². The van der Waals surface area contributed by atoms with E-state index in [4.69, 9.17) is 0 Å². The van der Waals surface area contributed by atoms with Crippen LogP contribution in [0.1, 0.15) is 23.6 Å². The van der Waals surface area contributed by atoms with Crippen LogP contribution in [0.5, 0.6) is 0 Å². The molecule has 1 aromatic heterocycles. The van der Waals surface area contributed by atoms with Crippen LogP contribution >= 0.6 is 0 Å². The predicted molar refractivity (Wildman–Crippen MR) is 64.0 cm³/mol. The number of nitrogens with zero attached hydrogens (tertiary/aromatic N) is 1. The molecule has 0 aliphatic rings. The third-order valence-corrected chi connectivity index (χ3v) is 2.99. The molecule has 0 spiro atoms. The van der Waals surface area contributed by atoms with Gasteiger partial charge in [-0.05, 0) is 43.2 Å². The van der Waals surface area contributed by atoms with Gasteiger partial charge in [0.25, 0.3) is 0 Å². The zero-order chi connectivity index (χ0) is 13.3. The van der Waals surface area contributed by atoms with E-state index in [0.717, 1.165) is 23.8 Å². The van der Waals surface area contributed by atoms with Gasteiger partial charge in [0.1, 0.15) is 17.2 Å². The summed E-state index contributed by atoms with van der Waals surface area (Å²) in [7, 11) is 0. The molecule has 1 unspecified atom stereocenters. The Kier molecular flexibility index (Phi) is 3.13. The summed E-state index contributed by atoms with van der Waals surface area (Å²) in [4.78, 5) is 3.93. The van der Waals surface area contributed by atoms with Crippen LogP contribution in [0.2, 0.25) is 0 Å². The third-order valence-electron chi connectivity index (χ3n) is 2.99. The van der Waals surface area contributed by atoms with Gasteiger partial charge in [0, 0.05) is 24.0 Å². The maximum absolute atomic E-state index is 13.2. The summed E-state index contributed by atoms with van der Waals surface area (Å²) in [5, 5.41) is 10.5. The first-order valence-corrected chi connectivity index (χ1v) is 5.51. The van der Waals surface area contributed by atoms with Gasteiger partial charge in [-0.25, -0.2) is 8.78 Å². The Morgan fingerprint density at radius 1 is 1.17 bits per heavy atom. The molecule has 94 valence electrons. The second-order valence-electron chi connectivity index (χ2n) is 4.42. The molecule has 0 amide bonds. The molecule has 1 N–H and O–H groups in total. The van der Waals surface area contributed by atoms with E-state index in [2.05, 4.69) is 4.98 Å². The van der Waals surface area contributed by atoms with Crippen LogP contribution in [-0.2, 0) is 5.60 Å². The summed E-state index contributed by atoms with van der Waals surface area (Å²) in [6.07, 6.45) is 3.10. The minimum Gasteiger partial charge on any atom is -0.381 e. The maximum atomic E-state index is 13.2. The van der Waals surface area contributed by atoms with E-state index < -0.39 is 17.2 Å². The minimum atomic E-state index is -1.48. The second-order valence-corrected chi connectivity index (χ2v) is 4.42. The molecule has 0 aliphatic carbocycles. The normalized spacial score (nSPS) is 14.3. The molecule has 0 saturated carbocycles. The lowest BCUT2D eigenvalue weighted by atomic mass is 9.87. The highest BCUT2D eigenvalue weighted by molar-refractivity contribution is 5.38. The van der Waals surface area contributed by atoms with Crippen molar-refractivity contribution in [1.29, 1.82) is 0 Å². The van der Waals surface area contributed by atoms with Crippen molar-refractivity contribution in [3.05, 3.63) is 65.0 Å². The molecular formula is C14H13F2NO. The van der Waals surface area contributed by atoms with E-state index in [0.29, 0.717) is 5.56 Å². The summed E-state index contributed by atoms with van der Waals surface area (Å²) in [6.45, 7) is 3.30.